The van der Waals surface area contributed by atoms with Crippen LogP contribution < -0.4 is 0 Å². The first-order chi connectivity index (χ1) is 6.61. The van der Waals surface area contributed by atoms with Crippen molar-refractivity contribution in [2.24, 2.45) is 0 Å². The van der Waals surface area contributed by atoms with Crippen molar-refractivity contribution in [2.75, 3.05) is 14.1 Å². The van der Waals surface area contributed by atoms with E-state index in [-0.39, 0.29) is 5.12 Å². The van der Waals surface area contributed by atoms with Crippen molar-refractivity contribution in [1.82, 2.24) is 4.90 Å². The number of benzene rings is 1. The summed E-state index contributed by atoms with van der Waals surface area (Å²) < 4.78 is 0.582. The Morgan fingerprint density at radius 3 is 2.36 bits per heavy atom. The fraction of sp³-hybridized carbons (Fsp3) is 0.200. The molecular formula is C10H11NOS2. The SMILES string of the molecule is CN(C)C(=S)SC(=O)c1ccccc1. The number of hydrogen-bond donors (Lipinski definition) is 0. The highest BCUT2D eigenvalue weighted by atomic mass is 32.2. The Kier molecular flexibility index (Phi) is 4.10. The van der Waals surface area contributed by atoms with Crippen LogP contribution in [-0.4, -0.2) is 28.4 Å². The maximum Gasteiger partial charge on any atom is 0.226 e. The normalized spacial score (nSPS) is 9.57. The van der Waals surface area contributed by atoms with Crippen molar-refractivity contribution in [3.05, 3.63) is 35.9 Å². The molecule has 1 aromatic rings. The molecule has 0 aliphatic heterocycles. The number of thiocarbonyl (C=S) groups is 1. The first-order valence-corrected chi connectivity index (χ1v) is 5.32. The summed E-state index contributed by atoms with van der Waals surface area (Å²) in [6.45, 7) is 0. The van der Waals surface area contributed by atoms with Gasteiger partial charge in [0.25, 0.3) is 0 Å². The Morgan fingerprint density at radius 2 is 1.86 bits per heavy atom. The Hall–Kier alpha value is -0.870. The molecule has 0 amide bonds. The highest BCUT2D eigenvalue weighted by molar-refractivity contribution is 8.33. The number of rotatable bonds is 1. The summed E-state index contributed by atoms with van der Waals surface area (Å²) in [4.78, 5) is 13.4. The number of hydrogen-bond acceptors (Lipinski definition) is 3. The topological polar surface area (TPSA) is 20.3 Å². The van der Waals surface area contributed by atoms with Crippen LogP contribution in [0.4, 0.5) is 0 Å². The van der Waals surface area contributed by atoms with E-state index in [1.807, 2.05) is 32.3 Å². The number of carbonyl (C=O) groups is 1. The lowest BCUT2D eigenvalue weighted by atomic mass is 10.2. The van der Waals surface area contributed by atoms with Gasteiger partial charge >= 0.3 is 0 Å². The van der Waals surface area contributed by atoms with Crippen LogP contribution in [0.15, 0.2) is 30.3 Å². The number of thioether (sulfide) groups is 1. The maximum absolute atomic E-state index is 11.6. The summed E-state index contributed by atoms with van der Waals surface area (Å²) >= 11 is 6.10. The molecule has 0 N–H and O–H groups in total. The summed E-state index contributed by atoms with van der Waals surface area (Å²) in [5, 5.41) is -0.00991. The van der Waals surface area contributed by atoms with Gasteiger partial charge in [-0.1, -0.05) is 42.5 Å². The lowest BCUT2D eigenvalue weighted by molar-refractivity contribution is 0.109. The molecule has 0 aromatic heterocycles. The van der Waals surface area contributed by atoms with Gasteiger partial charge in [0.15, 0.2) is 0 Å². The molecule has 1 rings (SSSR count). The molecule has 0 atom stereocenters. The maximum atomic E-state index is 11.6. The molecule has 74 valence electrons. The fourth-order valence-electron chi connectivity index (χ4n) is 0.804. The summed E-state index contributed by atoms with van der Waals surface area (Å²) in [6, 6.07) is 9.13. The first-order valence-electron chi connectivity index (χ1n) is 4.10. The van der Waals surface area contributed by atoms with E-state index in [0.717, 1.165) is 11.8 Å². The average Bonchev–Trinajstić information content (AvgIpc) is 2.19. The molecule has 0 saturated carbocycles. The van der Waals surface area contributed by atoms with Gasteiger partial charge in [-0.3, -0.25) is 4.79 Å². The van der Waals surface area contributed by atoms with Crippen LogP contribution in [0.25, 0.3) is 0 Å². The van der Waals surface area contributed by atoms with Crippen molar-refractivity contribution in [3.8, 4) is 0 Å². The first kappa shape index (κ1) is 11.2. The second kappa shape index (κ2) is 5.12. The van der Waals surface area contributed by atoms with Crippen LogP contribution in [-0.2, 0) is 0 Å². The zero-order valence-electron chi connectivity index (χ0n) is 8.06. The largest absolute Gasteiger partial charge is 0.363 e. The molecule has 0 bridgehead atoms. The quantitative estimate of drug-likeness (QED) is 0.684. The summed E-state index contributed by atoms with van der Waals surface area (Å²) in [5.41, 5.74) is 0.682. The van der Waals surface area contributed by atoms with Crippen LogP contribution in [0.2, 0.25) is 0 Å². The third-order valence-corrected chi connectivity index (χ3v) is 3.13. The molecule has 0 aliphatic rings. The van der Waals surface area contributed by atoms with Crippen LogP contribution in [0, 0.1) is 0 Å². The molecular weight excluding hydrogens is 214 g/mol. The molecule has 0 aliphatic carbocycles. The van der Waals surface area contributed by atoms with Crippen molar-refractivity contribution in [2.45, 2.75) is 0 Å². The second-order valence-corrected chi connectivity index (χ2v) is 4.52. The lowest BCUT2D eigenvalue weighted by Crippen LogP contribution is -2.17. The zero-order chi connectivity index (χ0) is 10.6. The average molecular weight is 225 g/mol. The second-order valence-electron chi connectivity index (χ2n) is 2.92. The summed E-state index contributed by atoms with van der Waals surface area (Å²) in [7, 11) is 3.65. The Bertz CT molecular complexity index is 335. The molecule has 0 fully saturated rings. The minimum Gasteiger partial charge on any atom is -0.363 e. The van der Waals surface area contributed by atoms with Gasteiger partial charge in [0.05, 0.1) is 0 Å². The predicted molar refractivity (Wildman–Crippen MR) is 64.6 cm³/mol. The van der Waals surface area contributed by atoms with Gasteiger partial charge in [-0.2, -0.15) is 0 Å². The van der Waals surface area contributed by atoms with Gasteiger partial charge in [0.2, 0.25) is 5.12 Å². The molecule has 0 heterocycles. The van der Waals surface area contributed by atoms with Gasteiger partial charge in [-0.15, -0.1) is 0 Å². The van der Waals surface area contributed by atoms with E-state index < -0.39 is 0 Å². The van der Waals surface area contributed by atoms with Crippen LogP contribution in [0.1, 0.15) is 10.4 Å². The van der Waals surface area contributed by atoms with Gasteiger partial charge in [0, 0.05) is 19.7 Å². The summed E-state index contributed by atoms with van der Waals surface area (Å²) in [5.74, 6) is 0. The Balaban J connectivity index is 2.65. The minimum atomic E-state index is -0.00991. The third kappa shape index (κ3) is 3.12. The van der Waals surface area contributed by atoms with Crippen LogP contribution >= 0.6 is 24.0 Å². The summed E-state index contributed by atoms with van der Waals surface area (Å²) in [6.07, 6.45) is 0. The molecule has 2 nitrogen and oxygen atoms in total. The van der Waals surface area contributed by atoms with Gasteiger partial charge in [0.1, 0.15) is 4.32 Å². The third-order valence-electron chi connectivity index (χ3n) is 1.55. The van der Waals surface area contributed by atoms with Crippen molar-refractivity contribution >= 4 is 33.4 Å². The molecule has 14 heavy (non-hydrogen) atoms. The van der Waals surface area contributed by atoms with Crippen LogP contribution in [0.3, 0.4) is 0 Å². The fourth-order valence-corrected chi connectivity index (χ4v) is 1.63. The van der Waals surface area contributed by atoms with Gasteiger partial charge in [-0.25, -0.2) is 0 Å². The van der Waals surface area contributed by atoms with E-state index >= 15 is 0 Å². The molecule has 1 aromatic carbocycles. The van der Waals surface area contributed by atoms with E-state index in [4.69, 9.17) is 12.2 Å². The van der Waals surface area contributed by atoms with Crippen molar-refractivity contribution < 1.29 is 4.79 Å². The molecule has 0 saturated heterocycles. The van der Waals surface area contributed by atoms with Gasteiger partial charge in [-0.05, 0) is 11.8 Å². The van der Waals surface area contributed by atoms with E-state index in [0.29, 0.717) is 9.88 Å². The highest BCUT2D eigenvalue weighted by Gasteiger charge is 2.10. The van der Waals surface area contributed by atoms with E-state index in [2.05, 4.69) is 0 Å². The zero-order valence-corrected chi connectivity index (χ0v) is 9.69. The standard InChI is InChI=1S/C10H11NOS2/c1-11(2)10(13)14-9(12)8-6-4-3-5-7-8/h3-7H,1-2H3. The van der Waals surface area contributed by atoms with E-state index in [9.17, 15) is 4.79 Å². The monoisotopic (exact) mass is 225 g/mol. The number of nitrogens with zero attached hydrogens (tertiary/aromatic N) is 1. The lowest BCUT2D eigenvalue weighted by Gasteiger charge is -2.11. The molecule has 4 heteroatoms. The smallest absolute Gasteiger partial charge is 0.226 e. The minimum absolute atomic E-state index is 0.00991. The molecule has 0 radical (unpaired) electrons. The van der Waals surface area contributed by atoms with Gasteiger partial charge < -0.3 is 4.90 Å². The van der Waals surface area contributed by atoms with E-state index in [1.54, 1.807) is 17.0 Å². The molecule has 0 unspecified atom stereocenters. The molecule has 0 spiro atoms. The Morgan fingerprint density at radius 1 is 1.29 bits per heavy atom. The predicted octanol–water partition coefficient (Wildman–Crippen LogP) is 2.41. The van der Waals surface area contributed by atoms with Crippen LogP contribution in [0.5, 0.6) is 0 Å². The Labute approximate surface area is 93.3 Å². The van der Waals surface area contributed by atoms with Crippen molar-refractivity contribution in [3.63, 3.8) is 0 Å². The number of carbonyl (C=O) groups excluding carboxylic acids is 1. The van der Waals surface area contributed by atoms with Crippen molar-refractivity contribution in [1.29, 1.82) is 0 Å². The van der Waals surface area contributed by atoms with E-state index in [1.165, 1.54) is 0 Å². The highest BCUT2D eigenvalue weighted by Crippen LogP contribution is 2.14.